The average Bonchev–Trinajstić information content (AvgIpc) is 0.921. The molecule has 8 aromatic carbocycles. The Labute approximate surface area is 655 Å². The minimum atomic E-state index is 0.109. The third kappa shape index (κ3) is 35.7. The molecule has 0 saturated carbocycles. The molecule has 0 aliphatic rings. The third-order valence-electron chi connectivity index (χ3n) is 17.9. The van der Waals surface area contributed by atoms with Gasteiger partial charge in [-0.2, -0.15) is 0 Å². The van der Waals surface area contributed by atoms with Crippen molar-refractivity contribution in [2.45, 2.75) is 209 Å². The quantitative estimate of drug-likeness (QED) is 0.0131. The first-order valence-corrected chi connectivity index (χ1v) is 39.4. The van der Waals surface area contributed by atoms with E-state index in [4.69, 9.17) is 37.9 Å². The largest absolute Gasteiger partial charge is 0.504 e. The summed E-state index contributed by atoms with van der Waals surface area (Å²) >= 11 is 0. The fourth-order valence-electron chi connectivity index (χ4n) is 11.5. The van der Waals surface area contributed by atoms with Crippen LogP contribution in [0.3, 0.4) is 0 Å². The molecule has 8 aromatic rings. The summed E-state index contributed by atoms with van der Waals surface area (Å²) in [5.41, 5.74) is 9.19. The molecule has 0 radical (unpaired) electrons. The van der Waals surface area contributed by atoms with E-state index in [-0.39, 0.29) is 46.0 Å². The van der Waals surface area contributed by atoms with Crippen LogP contribution in [0, 0.1) is 11.8 Å². The van der Waals surface area contributed by atoms with Crippen LogP contribution in [-0.4, -0.2) is 67.3 Å². The molecule has 0 spiro atoms. The highest BCUT2D eigenvalue weighted by atomic mass is 16.5. The summed E-state index contributed by atoms with van der Waals surface area (Å²) in [6.07, 6.45) is 33.4. The van der Waals surface area contributed by atoms with Crippen molar-refractivity contribution in [3.05, 3.63) is 240 Å². The predicted molar refractivity (Wildman–Crippen MR) is 444 cm³/mol. The molecule has 0 amide bonds. The molecule has 596 valence electrons. The Kier molecular flexibility index (Phi) is 43.1. The van der Waals surface area contributed by atoms with Gasteiger partial charge in [0.2, 0.25) is 0 Å². The fourth-order valence-corrected chi connectivity index (χ4v) is 11.5. The van der Waals surface area contributed by atoms with Crippen LogP contribution in [-0.2, 0) is 51.4 Å². The molecule has 110 heavy (non-hydrogen) atoms. The van der Waals surface area contributed by atoms with Crippen LogP contribution in [0.5, 0.6) is 92.0 Å². The van der Waals surface area contributed by atoms with Gasteiger partial charge in [0.15, 0.2) is 92.0 Å². The van der Waals surface area contributed by atoms with Gasteiger partial charge in [-0.05, 0) is 296 Å². The van der Waals surface area contributed by atoms with Gasteiger partial charge in [-0.25, -0.2) is 0 Å². The van der Waals surface area contributed by atoms with Crippen molar-refractivity contribution in [1.82, 2.24) is 0 Å². The van der Waals surface area contributed by atoms with E-state index in [1.807, 2.05) is 111 Å². The number of phenols is 8. The third-order valence-corrected chi connectivity index (χ3v) is 17.9. The number of phenolic OH excluding ortho intramolecular Hbond substituents is 8. The Bertz CT molecular complexity index is 3750. The van der Waals surface area contributed by atoms with Crippen LogP contribution >= 0.6 is 0 Å². The van der Waals surface area contributed by atoms with Crippen molar-refractivity contribution >= 4 is 0 Å². The van der Waals surface area contributed by atoms with Gasteiger partial charge in [0.1, 0.15) is 0 Å². The Hall–Kier alpha value is -10.5. The lowest BCUT2D eigenvalue weighted by Gasteiger charge is -2.12. The van der Waals surface area contributed by atoms with E-state index >= 15 is 0 Å². The van der Waals surface area contributed by atoms with Gasteiger partial charge in [0.05, 0.1) is 51.5 Å². The summed E-state index contributed by atoms with van der Waals surface area (Å²) < 4.78 is 44.1. The van der Waals surface area contributed by atoms with E-state index in [9.17, 15) is 40.9 Å². The standard InChI is InChI=1S/2C26H38O4.C22H26O4.C20H22O4/c1-19(2)13-15-29-25-17-21(9-11-23(25)27)7-5-6-8-22-10-12-24(28)26(18-22)30-16-14-20(3)4;1-3-5-9-17-29-25-19-21(13-15-23(25)27)11-7-8-12-22-14-16-24(28)26(20-22)30-18-10-6-4-2;1-3-13-25-21-15-17(9-11-19(21)23)7-5-6-8-18-10-12-20(24)22(16-18)26-14-4-2;1-3-23-19-13-15(9-11-17(19)21)7-5-6-8-16-10-12-18(22)20(14-16)24-4-2/h9-12,17-20,27-28H,5-8,13-16H2,1-4H3;13-16,19-20,27-28H,3-12,17-18H2,1-2H3;3-4,9-16,23-24H,5-8H2,1-2H3;3-4,9-14,21-22H,1-2,5-8H2. The molecular weight excluding hydrogens is 1390 g/mol. The lowest BCUT2D eigenvalue weighted by molar-refractivity contribution is 0.276. The Morgan fingerprint density at radius 3 is 0.673 bits per heavy atom. The normalized spacial score (nSPS) is 10.9. The van der Waals surface area contributed by atoms with E-state index in [1.54, 1.807) is 73.2 Å². The zero-order valence-corrected chi connectivity index (χ0v) is 66.5. The van der Waals surface area contributed by atoms with Crippen molar-refractivity contribution in [3.63, 3.8) is 0 Å². The van der Waals surface area contributed by atoms with Gasteiger partial charge in [0.25, 0.3) is 0 Å². The second-order valence-electron chi connectivity index (χ2n) is 28.2. The zero-order valence-electron chi connectivity index (χ0n) is 66.5. The molecule has 16 nitrogen and oxygen atoms in total. The molecule has 0 aromatic heterocycles. The minimum absolute atomic E-state index is 0.109. The number of benzene rings is 8. The van der Waals surface area contributed by atoms with Crippen LogP contribution in [0.15, 0.2) is 196 Å². The topological polar surface area (TPSA) is 236 Å². The summed E-state index contributed by atoms with van der Waals surface area (Å²) in [6, 6.07) is 44.2. The predicted octanol–water partition coefficient (Wildman–Crippen LogP) is 23.5. The SMILES string of the molecule is C=COc1cc(CCCCc2ccc(O)c(OC=C)c2)ccc1O.CC(C)CCOc1cc(CCCCc2ccc(O)c(OCCC(C)C)c2)ccc1O.CC=COc1cc(CCCCc2ccc(O)c(OC=CC)c2)ccc1O.CCCCCOc1cc(CCCCc2ccc(O)c(OCCCCC)c2)ccc1O. The Morgan fingerprint density at radius 2 is 0.473 bits per heavy atom. The maximum atomic E-state index is 10.0. The van der Waals surface area contributed by atoms with Crippen LogP contribution in [0.2, 0.25) is 0 Å². The number of aromatic hydroxyl groups is 8. The number of hydrogen-bond acceptors (Lipinski definition) is 16. The van der Waals surface area contributed by atoms with E-state index in [0.29, 0.717) is 84.3 Å². The van der Waals surface area contributed by atoms with E-state index in [2.05, 4.69) is 54.7 Å². The average molecular weight is 1510 g/mol. The van der Waals surface area contributed by atoms with Crippen molar-refractivity contribution < 1.29 is 78.7 Å². The van der Waals surface area contributed by atoms with Crippen molar-refractivity contribution in [1.29, 1.82) is 0 Å². The maximum absolute atomic E-state index is 10.0. The first-order valence-electron chi connectivity index (χ1n) is 39.4. The number of rotatable bonds is 46. The lowest BCUT2D eigenvalue weighted by Crippen LogP contribution is -2.02. The summed E-state index contributed by atoms with van der Waals surface area (Å²) in [7, 11) is 0. The van der Waals surface area contributed by atoms with E-state index in [1.165, 1.54) is 34.8 Å². The first kappa shape index (κ1) is 90.1. The highest BCUT2D eigenvalue weighted by Crippen LogP contribution is 2.35. The number of ether oxygens (including phenoxy) is 8. The summed E-state index contributed by atoms with van der Waals surface area (Å²) in [5, 5.41) is 78.9. The van der Waals surface area contributed by atoms with E-state index in [0.717, 1.165) is 176 Å². The molecule has 0 aliphatic carbocycles. The van der Waals surface area contributed by atoms with Gasteiger partial charge < -0.3 is 78.7 Å². The molecule has 8 rings (SSSR count). The number of unbranched alkanes of at least 4 members (excludes halogenated alkanes) is 8. The Morgan fingerprint density at radius 1 is 0.273 bits per heavy atom. The highest BCUT2D eigenvalue weighted by molar-refractivity contribution is 5.48. The maximum Gasteiger partial charge on any atom is 0.168 e. The molecule has 0 heterocycles. The minimum Gasteiger partial charge on any atom is -0.504 e. The molecule has 0 unspecified atom stereocenters. The van der Waals surface area contributed by atoms with Crippen LogP contribution < -0.4 is 37.9 Å². The Balaban J connectivity index is 0.000000264. The van der Waals surface area contributed by atoms with Crippen molar-refractivity contribution in [3.8, 4) is 92.0 Å². The zero-order chi connectivity index (χ0) is 79.7. The van der Waals surface area contributed by atoms with Crippen LogP contribution in [0.1, 0.15) is 203 Å². The number of allylic oxidation sites excluding steroid dienone is 2. The molecule has 0 saturated heterocycles. The molecule has 0 bridgehead atoms. The second kappa shape index (κ2) is 52.6. The molecule has 0 atom stereocenters. The number of aryl methyl sites for hydroxylation is 8. The van der Waals surface area contributed by atoms with Gasteiger partial charge in [-0.1, -0.05) is 141 Å². The second-order valence-corrected chi connectivity index (χ2v) is 28.2. The first-order chi connectivity index (χ1) is 53.2. The lowest BCUT2D eigenvalue weighted by atomic mass is 10.0. The van der Waals surface area contributed by atoms with Gasteiger partial charge in [-0.3, -0.25) is 0 Å². The fraction of sp³-hybridized carbons (Fsp3) is 0.404. The number of hydrogen-bond donors (Lipinski definition) is 8. The summed E-state index contributed by atoms with van der Waals surface area (Å²) in [4.78, 5) is 0. The van der Waals surface area contributed by atoms with Gasteiger partial charge in [0, 0.05) is 0 Å². The molecule has 0 fully saturated rings. The summed E-state index contributed by atoms with van der Waals surface area (Å²) in [5.74, 6) is 6.64. The van der Waals surface area contributed by atoms with Gasteiger partial charge >= 0.3 is 0 Å². The van der Waals surface area contributed by atoms with Crippen LogP contribution in [0.25, 0.3) is 0 Å². The van der Waals surface area contributed by atoms with Crippen molar-refractivity contribution in [2.75, 3.05) is 26.4 Å². The molecule has 16 heteroatoms. The highest BCUT2D eigenvalue weighted by Gasteiger charge is 2.13. The van der Waals surface area contributed by atoms with Gasteiger partial charge in [-0.15, -0.1) is 0 Å². The molecule has 0 aliphatic heterocycles. The summed E-state index contributed by atoms with van der Waals surface area (Å²) in [6.45, 7) is 26.2. The van der Waals surface area contributed by atoms with E-state index < -0.39 is 0 Å². The molecular formula is C94H124O16. The molecule has 8 N–H and O–H groups in total. The monoisotopic (exact) mass is 1510 g/mol. The van der Waals surface area contributed by atoms with Crippen molar-refractivity contribution in [2.24, 2.45) is 11.8 Å². The smallest absolute Gasteiger partial charge is 0.168 e. The van der Waals surface area contributed by atoms with Crippen LogP contribution in [0.4, 0.5) is 0 Å².